The van der Waals surface area contributed by atoms with E-state index in [1.54, 1.807) is 12.1 Å². The number of ether oxygens (including phenoxy) is 1. The minimum atomic E-state index is -3.25. The fourth-order valence-corrected chi connectivity index (χ4v) is 2.31. The molecule has 0 saturated carbocycles. The molecule has 0 saturated heterocycles. The summed E-state index contributed by atoms with van der Waals surface area (Å²) in [6, 6.07) is 5.49. The van der Waals surface area contributed by atoms with Gasteiger partial charge in [0, 0.05) is 6.07 Å². The van der Waals surface area contributed by atoms with Crippen molar-refractivity contribution in [2.45, 2.75) is 47.0 Å². The van der Waals surface area contributed by atoms with E-state index in [2.05, 4.69) is 11.6 Å². The van der Waals surface area contributed by atoms with Crippen LogP contribution in [0.4, 0.5) is 5.69 Å². The molecule has 0 unspecified atom stereocenters. The number of aryl methyl sites for hydroxylation is 1. The first kappa shape index (κ1) is 18.8. The Labute approximate surface area is 123 Å². The molecule has 0 amide bonds. The predicted molar refractivity (Wildman–Crippen MR) is 86.0 cm³/mol. The van der Waals surface area contributed by atoms with Crippen LogP contribution in [-0.4, -0.2) is 21.3 Å². The second-order valence-corrected chi connectivity index (χ2v) is 6.40. The van der Waals surface area contributed by atoms with Gasteiger partial charge in [-0.1, -0.05) is 33.8 Å². The van der Waals surface area contributed by atoms with E-state index in [1.165, 1.54) is 0 Å². The molecule has 0 fully saturated rings. The first-order valence-corrected chi connectivity index (χ1v) is 8.59. The molecule has 0 spiro atoms. The highest BCUT2D eigenvalue weighted by molar-refractivity contribution is 7.92. The molecule has 1 N–H and O–H groups in total. The number of hydrogen-bond donors (Lipinski definition) is 1. The molecular formula is C15H27NO3S. The average molecular weight is 301 g/mol. The molecule has 0 bridgehead atoms. The molecule has 20 heavy (non-hydrogen) atoms. The molecule has 0 aliphatic rings. The zero-order valence-corrected chi connectivity index (χ0v) is 12.7. The monoisotopic (exact) mass is 301 g/mol. The minimum Gasteiger partial charge on any atom is -0.493 e. The van der Waals surface area contributed by atoms with Crippen molar-refractivity contribution in [1.29, 1.82) is 0 Å². The summed E-state index contributed by atoms with van der Waals surface area (Å²) in [7, 11) is -3.25. The van der Waals surface area contributed by atoms with E-state index in [1.807, 2.05) is 13.0 Å². The van der Waals surface area contributed by atoms with Gasteiger partial charge < -0.3 is 4.74 Å². The van der Waals surface area contributed by atoms with E-state index in [-0.39, 0.29) is 7.43 Å². The first-order chi connectivity index (χ1) is 8.96. The van der Waals surface area contributed by atoms with Crippen molar-refractivity contribution >= 4 is 15.7 Å². The maximum atomic E-state index is 11.2. The Bertz CT molecular complexity index is 498. The summed E-state index contributed by atoms with van der Waals surface area (Å²) >= 11 is 0. The quantitative estimate of drug-likeness (QED) is 0.794. The normalized spacial score (nSPS) is 10.8. The van der Waals surface area contributed by atoms with Gasteiger partial charge in [0.1, 0.15) is 5.75 Å². The van der Waals surface area contributed by atoms with Gasteiger partial charge >= 0.3 is 0 Å². The molecule has 0 aliphatic carbocycles. The Balaban J connectivity index is 0.00000361. The molecule has 0 atom stereocenters. The molecule has 0 aromatic heterocycles. The molecule has 5 heteroatoms. The lowest BCUT2D eigenvalue weighted by Crippen LogP contribution is -2.10. The van der Waals surface area contributed by atoms with E-state index < -0.39 is 10.0 Å². The maximum absolute atomic E-state index is 11.2. The van der Waals surface area contributed by atoms with Gasteiger partial charge in [0.25, 0.3) is 0 Å². The highest BCUT2D eigenvalue weighted by Crippen LogP contribution is 2.25. The van der Waals surface area contributed by atoms with Gasteiger partial charge in [-0.05, 0) is 30.9 Å². The Morgan fingerprint density at radius 2 is 1.90 bits per heavy atom. The van der Waals surface area contributed by atoms with Crippen molar-refractivity contribution < 1.29 is 13.2 Å². The van der Waals surface area contributed by atoms with Crippen LogP contribution in [-0.2, 0) is 16.4 Å². The lowest BCUT2D eigenvalue weighted by atomic mass is 10.1. The van der Waals surface area contributed by atoms with E-state index in [0.29, 0.717) is 12.3 Å². The SMILES string of the molecule is C.CCCCc1ccc(NS(C)(=O)=O)cc1OCCC. The summed E-state index contributed by atoms with van der Waals surface area (Å²) < 4.78 is 30.6. The molecule has 0 heterocycles. The molecule has 1 rings (SSSR count). The Morgan fingerprint density at radius 1 is 1.20 bits per heavy atom. The third-order valence-electron chi connectivity index (χ3n) is 2.63. The van der Waals surface area contributed by atoms with Crippen LogP contribution in [0.3, 0.4) is 0 Å². The molecule has 116 valence electrons. The van der Waals surface area contributed by atoms with Crippen LogP contribution >= 0.6 is 0 Å². The van der Waals surface area contributed by atoms with Crippen LogP contribution < -0.4 is 9.46 Å². The van der Waals surface area contributed by atoms with Crippen molar-refractivity contribution in [2.75, 3.05) is 17.6 Å². The van der Waals surface area contributed by atoms with Crippen molar-refractivity contribution in [2.24, 2.45) is 0 Å². The summed E-state index contributed by atoms with van der Waals surface area (Å²) in [6.07, 6.45) is 5.24. The topological polar surface area (TPSA) is 55.4 Å². The smallest absolute Gasteiger partial charge is 0.229 e. The lowest BCUT2D eigenvalue weighted by molar-refractivity contribution is 0.314. The number of rotatable bonds is 8. The van der Waals surface area contributed by atoms with Crippen LogP contribution in [0, 0.1) is 0 Å². The average Bonchev–Trinajstić information content (AvgIpc) is 2.33. The van der Waals surface area contributed by atoms with Gasteiger partial charge in [0.2, 0.25) is 10.0 Å². The molecule has 0 radical (unpaired) electrons. The Kier molecular flexibility index (Phi) is 8.30. The van der Waals surface area contributed by atoms with Gasteiger partial charge in [-0.3, -0.25) is 4.72 Å². The lowest BCUT2D eigenvalue weighted by Gasteiger charge is -2.13. The first-order valence-electron chi connectivity index (χ1n) is 6.69. The van der Waals surface area contributed by atoms with Crippen molar-refractivity contribution in [3.8, 4) is 5.75 Å². The van der Waals surface area contributed by atoms with Crippen molar-refractivity contribution in [3.63, 3.8) is 0 Å². The van der Waals surface area contributed by atoms with E-state index in [4.69, 9.17) is 4.74 Å². The third kappa shape index (κ3) is 6.80. The predicted octanol–water partition coefficient (Wildman–Crippen LogP) is 3.83. The van der Waals surface area contributed by atoms with E-state index >= 15 is 0 Å². The summed E-state index contributed by atoms with van der Waals surface area (Å²) in [4.78, 5) is 0. The summed E-state index contributed by atoms with van der Waals surface area (Å²) in [5, 5.41) is 0. The van der Waals surface area contributed by atoms with E-state index in [0.717, 1.165) is 43.3 Å². The number of hydrogen-bond acceptors (Lipinski definition) is 3. The van der Waals surface area contributed by atoms with Gasteiger partial charge in [-0.15, -0.1) is 0 Å². The van der Waals surface area contributed by atoms with Crippen LogP contribution in [0.15, 0.2) is 18.2 Å². The van der Waals surface area contributed by atoms with Gasteiger partial charge in [0.05, 0.1) is 18.6 Å². The van der Waals surface area contributed by atoms with Crippen molar-refractivity contribution in [1.82, 2.24) is 0 Å². The minimum absolute atomic E-state index is 0. The largest absolute Gasteiger partial charge is 0.493 e. The highest BCUT2D eigenvalue weighted by atomic mass is 32.2. The number of unbranched alkanes of at least 4 members (excludes halogenated alkanes) is 1. The van der Waals surface area contributed by atoms with Crippen LogP contribution in [0.1, 0.15) is 46.1 Å². The maximum Gasteiger partial charge on any atom is 0.229 e. The molecule has 1 aromatic carbocycles. The zero-order valence-electron chi connectivity index (χ0n) is 11.9. The fraction of sp³-hybridized carbons (Fsp3) is 0.600. The highest BCUT2D eigenvalue weighted by Gasteiger charge is 2.08. The Morgan fingerprint density at radius 3 is 2.45 bits per heavy atom. The van der Waals surface area contributed by atoms with Crippen LogP contribution in [0.2, 0.25) is 0 Å². The fourth-order valence-electron chi connectivity index (χ4n) is 1.75. The van der Waals surface area contributed by atoms with Crippen LogP contribution in [0.5, 0.6) is 5.75 Å². The number of benzene rings is 1. The van der Waals surface area contributed by atoms with Crippen LogP contribution in [0.25, 0.3) is 0 Å². The third-order valence-corrected chi connectivity index (χ3v) is 3.24. The molecule has 4 nitrogen and oxygen atoms in total. The van der Waals surface area contributed by atoms with Gasteiger partial charge in [0.15, 0.2) is 0 Å². The zero-order chi connectivity index (χ0) is 14.3. The summed E-state index contributed by atoms with van der Waals surface area (Å²) in [5.41, 5.74) is 1.68. The Hall–Kier alpha value is -1.23. The van der Waals surface area contributed by atoms with E-state index in [9.17, 15) is 8.42 Å². The molecular weight excluding hydrogens is 274 g/mol. The summed E-state index contributed by atoms with van der Waals surface area (Å²) in [5.74, 6) is 0.781. The number of nitrogens with one attached hydrogen (secondary N) is 1. The number of anilines is 1. The second-order valence-electron chi connectivity index (χ2n) is 4.65. The molecule has 0 aliphatic heterocycles. The van der Waals surface area contributed by atoms with Gasteiger partial charge in [-0.2, -0.15) is 0 Å². The second kappa shape index (κ2) is 8.84. The summed E-state index contributed by atoms with van der Waals surface area (Å²) in [6.45, 7) is 4.83. The number of sulfonamides is 1. The molecule has 1 aromatic rings. The standard InChI is InChI=1S/C14H23NO3S.CH4/c1-4-6-7-12-8-9-13(15-19(3,16)17)11-14(12)18-10-5-2;/h8-9,11,15H,4-7,10H2,1-3H3;1H4. The van der Waals surface area contributed by atoms with Crippen molar-refractivity contribution in [3.05, 3.63) is 23.8 Å². The van der Waals surface area contributed by atoms with Gasteiger partial charge in [-0.25, -0.2) is 8.42 Å².